The molecule has 0 unspecified atom stereocenters. The van der Waals surface area contributed by atoms with Gasteiger partial charge in [-0.1, -0.05) is 13.8 Å². The summed E-state index contributed by atoms with van der Waals surface area (Å²) in [4.78, 5) is 11.6. The summed E-state index contributed by atoms with van der Waals surface area (Å²) in [5.74, 6) is -0.0269. The van der Waals surface area contributed by atoms with Gasteiger partial charge < -0.3 is 4.74 Å². The molecule has 0 aliphatic rings. The average molecular weight is 239 g/mol. The van der Waals surface area contributed by atoms with E-state index >= 15 is 0 Å². The molecule has 0 saturated carbocycles. The predicted octanol–water partition coefficient (Wildman–Crippen LogP) is 1.02. The van der Waals surface area contributed by atoms with Crippen molar-refractivity contribution in [3.63, 3.8) is 0 Å². The predicted molar refractivity (Wildman–Crippen MR) is 65.4 cm³/mol. The molecule has 1 aromatic heterocycles. The molecule has 5 heteroatoms. The Labute approximate surface area is 102 Å². The SMILES string of the molecule is COC(=O)[C@@H](NCc1cnn(C)c1C)C(C)C. The van der Waals surface area contributed by atoms with Gasteiger partial charge in [0, 0.05) is 24.8 Å². The second-order valence-corrected chi connectivity index (χ2v) is 4.50. The third kappa shape index (κ3) is 3.30. The molecule has 1 N–H and O–H groups in total. The minimum atomic E-state index is -0.278. The fourth-order valence-corrected chi connectivity index (χ4v) is 1.66. The molecule has 17 heavy (non-hydrogen) atoms. The second kappa shape index (κ2) is 5.82. The van der Waals surface area contributed by atoms with Crippen molar-refractivity contribution < 1.29 is 9.53 Å². The van der Waals surface area contributed by atoms with Crippen molar-refractivity contribution in [2.45, 2.75) is 33.4 Å². The molecule has 1 aromatic rings. The minimum Gasteiger partial charge on any atom is -0.468 e. The quantitative estimate of drug-likeness (QED) is 0.779. The highest BCUT2D eigenvalue weighted by Crippen LogP contribution is 2.08. The van der Waals surface area contributed by atoms with Gasteiger partial charge in [0.2, 0.25) is 0 Å². The maximum Gasteiger partial charge on any atom is 0.323 e. The Morgan fingerprint density at radius 1 is 1.59 bits per heavy atom. The maximum absolute atomic E-state index is 11.6. The number of ether oxygens (including phenoxy) is 1. The van der Waals surface area contributed by atoms with Crippen LogP contribution >= 0.6 is 0 Å². The van der Waals surface area contributed by atoms with Crippen molar-refractivity contribution in [3.05, 3.63) is 17.5 Å². The van der Waals surface area contributed by atoms with Gasteiger partial charge in [0.1, 0.15) is 6.04 Å². The zero-order valence-corrected chi connectivity index (χ0v) is 11.2. The van der Waals surface area contributed by atoms with E-state index in [0.29, 0.717) is 6.54 Å². The summed E-state index contributed by atoms with van der Waals surface area (Å²) in [6.45, 7) is 6.61. The van der Waals surface area contributed by atoms with Gasteiger partial charge in [-0.25, -0.2) is 0 Å². The van der Waals surface area contributed by atoms with E-state index in [4.69, 9.17) is 4.74 Å². The lowest BCUT2D eigenvalue weighted by Gasteiger charge is -2.19. The van der Waals surface area contributed by atoms with Crippen LogP contribution in [0.4, 0.5) is 0 Å². The number of esters is 1. The van der Waals surface area contributed by atoms with Gasteiger partial charge in [0.05, 0.1) is 13.3 Å². The summed E-state index contributed by atoms with van der Waals surface area (Å²) >= 11 is 0. The third-order valence-electron chi connectivity index (χ3n) is 2.97. The van der Waals surface area contributed by atoms with E-state index < -0.39 is 0 Å². The molecule has 0 aliphatic carbocycles. The summed E-state index contributed by atoms with van der Waals surface area (Å²) < 4.78 is 6.59. The molecular weight excluding hydrogens is 218 g/mol. The van der Waals surface area contributed by atoms with E-state index in [9.17, 15) is 4.79 Å². The Balaban J connectivity index is 2.64. The fourth-order valence-electron chi connectivity index (χ4n) is 1.66. The molecule has 96 valence electrons. The van der Waals surface area contributed by atoms with Gasteiger partial charge >= 0.3 is 5.97 Å². The molecule has 0 amide bonds. The number of carbonyl (C=O) groups excluding carboxylic acids is 1. The van der Waals surface area contributed by atoms with Gasteiger partial charge in [-0.3, -0.25) is 14.8 Å². The molecular formula is C12H21N3O2. The van der Waals surface area contributed by atoms with Gasteiger partial charge in [0.15, 0.2) is 0 Å². The zero-order chi connectivity index (χ0) is 13.0. The fraction of sp³-hybridized carbons (Fsp3) is 0.667. The van der Waals surface area contributed by atoms with Crippen LogP contribution in [0.15, 0.2) is 6.20 Å². The maximum atomic E-state index is 11.6. The molecule has 0 aliphatic heterocycles. The lowest BCUT2D eigenvalue weighted by molar-refractivity contribution is -0.144. The molecule has 1 heterocycles. The zero-order valence-electron chi connectivity index (χ0n) is 11.2. The number of carbonyl (C=O) groups is 1. The Bertz CT molecular complexity index is 385. The molecule has 0 bridgehead atoms. The van der Waals surface area contributed by atoms with Gasteiger partial charge in [0.25, 0.3) is 0 Å². The lowest BCUT2D eigenvalue weighted by Crippen LogP contribution is -2.41. The Hall–Kier alpha value is -1.36. The van der Waals surface area contributed by atoms with Crippen molar-refractivity contribution >= 4 is 5.97 Å². The summed E-state index contributed by atoms with van der Waals surface area (Å²) in [6, 6.07) is -0.278. The van der Waals surface area contributed by atoms with Gasteiger partial charge in [-0.15, -0.1) is 0 Å². The number of hydrogen-bond acceptors (Lipinski definition) is 4. The molecule has 0 saturated heterocycles. The number of aryl methyl sites for hydroxylation is 1. The molecule has 5 nitrogen and oxygen atoms in total. The second-order valence-electron chi connectivity index (χ2n) is 4.50. The van der Waals surface area contributed by atoms with Crippen molar-refractivity contribution in [1.82, 2.24) is 15.1 Å². The molecule has 1 rings (SSSR count). The first kappa shape index (κ1) is 13.7. The minimum absolute atomic E-state index is 0.194. The molecule has 0 spiro atoms. The molecule has 1 atom stereocenters. The highest BCUT2D eigenvalue weighted by atomic mass is 16.5. The number of nitrogens with zero attached hydrogens (tertiary/aromatic N) is 2. The van der Waals surface area contributed by atoms with Crippen LogP contribution in [0.25, 0.3) is 0 Å². The summed E-state index contributed by atoms with van der Waals surface area (Å²) in [5.41, 5.74) is 2.20. The van der Waals surface area contributed by atoms with Crippen LogP contribution in [-0.4, -0.2) is 28.9 Å². The normalized spacial score (nSPS) is 12.8. The first-order valence-corrected chi connectivity index (χ1v) is 5.76. The standard InChI is InChI=1S/C12H21N3O2/c1-8(2)11(12(16)17-5)13-6-10-7-14-15(4)9(10)3/h7-8,11,13H,6H2,1-5H3/t11-/m0/s1. The Morgan fingerprint density at radius 3 is 2.65 bits per heavy atom. The van der Waals surface area contributed by atoms with Crippen LogP contribution in [0.1, 0.15) is 25.1 Å². The number of aromatic nitrogens is 2. The van der Waals surface area contributed by atoms with Crippen LogP contribution in [-0.2, 0) is 23.1 Å². The van der Waals surface area contributed by atoms with Crippen LogP contribution in [0.2, 0.25) is 0 Å². The number of hydrogen-bond donors (Lipinski definition) is 1. The van der Waals surface area contributed by atoms with Crippen molar-refractivity contribution in [1.29, 1.82) is 0 Å². The lowest BCUT2D eigenvalue weighted by atomic mass is 10.0. The highest BCUT2D eigenvalue weighted by Gasteiger charge is 2.22. The topological polar surface area (TPSA) is 56.1 Å². The van der Waals surface area contributed by atoms with E-state index in [1.807, 2.05) is 38.7 Å². The van der Waals surface area contributed by atoms with Gasteiger partial charge in [-0.05, 0) is 12.8 Å². The van der Waals surface area contributed by atoms with E-state index in [-0.39, 0.29) is 17.9 Å². The number of rotatable bonds is 5. The van der Waals surface area contributed by atoms with Crippen LogP contribution < -0.4 is 5.32 Å². The highest BCUT2D eigenvalue weighted by molar-refractivity contribution is 5.75. The molecule has 0 fully saturated rings. The van der Waals surface area contributed by atoms with Crippen LogP contribution in [0, 0.1) is 12.8 Å². The van der Waals surface area contributed by atoms with Crippen molar-refractivity contribution in [2.24, 2.45) is 13.0 Å². The number of nitrogens with one attached hydrogen (secondary N) is 1. The average Bonchev–Trinajstić information content (AvgIpc) is 2.60. The smallest absolute Gasteiger partial charge is 0.323 e. The summed E-state index contributed by atoms with van der Waals surface area (Å²) in [6.07, 6.45) is 1.82. The van der Waals surface area contributed by atoms with E-state index in [1.165, 1.54) is 7.11 Å². The van der Waals surface area contributed by atoms with E-state index in [2.05, 4.69) is 10.4 Å². The largest absolute Gasteiger partial charge is 0.468 e. The van der Waals surface area contributed by atoms with E-state index in [1.54, 1.807) is 0 Å². The summed E-state index contributed by atoms with van der Waals surface area (Å²) in [5, 5.41) is 7.38. The monoisotopic (exact) mass is 239 g/mol. The molecule has 0 aromatic carbocycles. The van der Waals surface area contributed by atoms with Crippen LogP contribution in [0.3, 0.4) is 0 Å². The van der Waals surface area contributed by atoms with Crippen LogP contribution in [0.5, 0.6) is 0 Å². The molecule has 0 radical (unpaired) electrons. The Kier molecular flexibility index (Phi) is 4.69. The van der Waals surface area contributed by atoms with Crippen molar-refractivity contribution in [2.75, 3.05) is 7.11 Å². The first-order chi connectivity index (χ1) is 7.97. The third-order valence-corrected chi connectivity index (χ3v) is 2.97. The summed E-state index contributed by atoms with van der Waals surface area (Å²) in [7, 11) is 3.31. The van der Waals surface area contributed by atoms with Crippen molar-refractivity contribution in [3.8, 4) is 0 Å². The Morgan fingerprint density at radius 2 is 2.24 bits per heavy atom. The van der Waals surface area contributed by atoms with E-state index in [0.717, 1.165) is 11.3 Å². The van der Waals surface area contributed by atoms with Gasteiger partial charge in [-0.2, -0.15) is 5.10 Å². The number of methoxy groups -OCH3 is 1. The first-order valence-electron chi connectivity index (χ1n) is 5.76.